The van der Waals surface area contributed by atoms with Crippen molar-refractivity contribution in [1.29, 1.82) is 0 Å². The maximum Gasteiger partial charge on any atom is 0.410 e. The van der Waals surface area contributed by atoms with Gasteiger partial charge in [0.2, 0.25) is 0 Å². The summed E-state index contributed by atoms with van der Waals surface area (Å²) in [4.78, 5) is 25.4. The molecule has 2 aliphatic rings. The molecule has 0 aliphatic heterocycles. The molecule has 1 aromatic rings. The summed E-state index contributed by atoms with van der Waals surface area (Å²) in [5.41, 5.74) is 0.888. The van der Waals surface area contributed by atoms with Crippen molar-refractivity contribution in [2.45, 2.75) is 57.6 Å². The van der Waals surface area contributed by atoms with E-state index in [9.17, 15) is 9.59 Å². The van der Waals surface area contributed by atoms with E-state index in [2.05, 4.69) is 0 Å². The van der Waals surface area contributed by atoms with Crippen molar-refractivity contribution in [3.63, 3.8) is 0 Å². The average molecular weight is 331 g/mol. The third-order valence-corrected chi connectivity index (χ3v) is 4.52. The first-order chi connectivity index (χ1) is 11.2. The summed E-state index contributed by atoms with van der Waals surface area (Å²) in [7, 11) is 0. The van der Waals surface area contributed by atoms with E-state index in [4.69, 9.17) is 9.84 Å². The summed E-state index contributed by atoms with van der Waals surface area (Å²) in [5.74, 6) is -0.0368. The highest BCUT2D eigenvalue weighted by Gasteiger charge is 2.47. The number of ether oxygens (including phenoxy) is 1. The van der Waals surface area contributed by atoms with Crippen LogP contribution in [-0.4, -0.2) is 40.3 Å². The van der Waals surface area contributed by atoms with Crippen molar-refractivity contribution in [2.75, 3.05) is 6.54 Å². The number of carboxylic acid groups (broad SMARTS) is 1. The minimum absolute atomic E-state index is 0.163. The van der Waals surface area contributed by atoms with Crippen molar-refractivity contribution < 1.29 is 19.4 Å². The van der Waals surface area contributed by atoms with E-state index in [1.165, 1.54) is 12.8 Å². The standard InChI is InChI=1S/C19H25NO4/c1-19(2,3)24-18(23)20(11-12-4-5-12)16-10-15(16)13-6-8-14(9-7-13)17(21)22/h6-9,12,15-16H,4-5,10-11H2,1-3H3,(H,21,22)/t15-,16+/m0/s1. The Bertz CT molecular complexity index is 628. The van der Waals surface area contributed by atoms with Crippen LogP contribution in [0.2, 0.25) is 0 Å². The Balaban J connectivity index is 1.68. The molecule has 0 spiro atoms. The number of hydrogen-bond acceptors (Lipinski definition) is 3. The molecule has 0 radical (unpaired) electrons. The summed E-state index contributed by atoms with van der Waals surface area (Å²) in [6, 6.07) is 7.14. The summed E-state index contributed by atoms with van der Waals surface area (Å²) in [6.45, 7) is 6.42. The van der Waals surface area contributed by atoms with Gasteiger partial charge in [0.1, 0.15) is 5.60 Å². The Hall–Kier alpha value is -2.04. The molecule has 0 bridgehead atoms. The third kappa shape index (κ3) is 4.08. The summed E-state index contributed by atoms with van der Waals surface area (Å²) >= 11 is 0. The van der Waals surface area contributed by atoms with Crippen molar-refractivity contribution in [2.24, 2.45) is 5.92 Å². The van der Waals surface area contributed by atoms with Crippen molar-refractivity contribution in [3.8, 4) is 0 Å². The fraction of sp³-hybridized carbons (Fsp3) is 0.579. The van der Waals surface area contributed by atoms with Crippen LogP contribution >= 0.6 is 0 Å². The Morgan fingerprint density at radius 1 is 1.21 bits per heavy atom. The van der Waals surface area contributed by atoms with Crippen molar-refractivity contribution in [3.05, 3.63) is 35.4 Å². The number of aromatic carboxylic acids is 1. The number of carbonyl (C=O) groups excluding carboxylic acids is 1. The van der Waals surface area contributed by atoms with Gasteiger partial charge >= 0.3 is 12.1 Å². The lowest BCUT2D eigenvalue weighted by Crippen LogP contribution is -2.40. The molecule has 5 heteroatoms. The van der Waals surface area contributed by atoms with E-state index in [0.717, 1.165) is 18.5 Å². The number of benzene rings is 1. The average Bonchev–Trinajstić information content (AvgIpc) is 3.37. The van der Waals surface area contributed by atoms with Gasteiger partial charge in [0.15, 0.2) is 0 Å². The molecule has 2 atom stereocenters. The number of carboxylic acids is 1. The van der Waals surface area contributed by atoms with Gasteiger partial charge in [-0.2, -0.15) is 0 Å². The largest absolute Gasteiger partial charge is 0.478 e. The van der Waals surface area contributed by atoms with E-state index >= 15 is 0 Å². The van der Waals surface area contributed by atoms with E-state index in [0.29, 0.717) is 5.92 Å². The van der Waals surface area contributed by atoms with Crippen LogP contribution in [0, 0.1) is 5.92 Å². The Morgan fingerprint density at radius 2 is 1.83 bits per heavy atom. The molecule has 3 rings (SSSR count). The van der Waals surface area contributed by atoms with Crippen LogP contribution in [0.15, 0.2) is 24.3 Å². The molecule has 2 saturated carbocycles. The first-order valence-corrected chi connectivity index (χ1v) is 8.57. The predicted molar refractivity (Wildman–Crippen MR) is 90.2 cm³/mol. The van der Waals surface area contributed by atoms with Crippen LogP contribution in [0.25, 0.3) is 0 Å². The van der Waals surface area contributed by atoms with Crippen molar-refractivity contribution >= 4 is 12.1 Å². The van der Waals surface area contributed by atoms with E-state index in [1.54, 1.807) is 12.1 Å². The normalized spacial score (nSPS) is 22.8. The van der Waals surface area contributed by atoms with Crippen molar-refractivity contribution in [1.82, 2.24) is 4.90 Å². The predicted octanol–water partition coefficient (Wildman–Crippen LogP) is 3.89. The van der Waals surface area contributed by atoms with Gasteiger partial charge in [-0.1, -0.05) is 12.1 Å². The molecule has 2 aliphatic carbocycles. The van der Waals surface area contributed by atoms with E-state index < -0.39 is 11.6 Å². The molecule has 24 heavy (non-hydrogen) atoms. The second kappa shape index (κ2) is 6.11. The summed E-state index contributed by atoms with van der Waals surface area (Å²) in [5, 5.41) is 8.99. The molecule has 1 aromatic carbocycles. The van der Waals surface area contributed by atoms with E-state index in [1.807, 2.05) is 37.8 Å². The van der Waals surface area contributed by atoms with E-state index in [-0.39, 0.29) is 23.6 Å². The zero-order valence-corrected chi connectivity index (χ0v) is 14.5. The van der Waals surface area contributed by atoms with Gasteiger partial charge < -0.3 is 14.7 Å². The molecule has 5 nitrogen and oxygen atoms in total. The zero-order valence-electron chi connectivity index (χ0n) is 14.5. The van der Waals surface area contributed by atoms with Crippen LogP contribution < -0.4 is 0 Å². The van der Waals surface area contributed by atoms with Gasteiger partial charge in [-0.05, 0) is 63.6 Å². The zero-order chi connectivity index (χ0) is 17.5. The number of carbonyl (C=O) groups is 2. The summed E-state index contributed by atoms with van der Waals surface area (Å²) in [6.07, 6.45) is 3.05. The lowest BCUT2D eigenvalue weighted by Gasteiger charge is -2.28. The Kier molecular flexibility index (Phi) is 4.28. The lowest BCUT2D eigenvalue weighted by molar-refractivity contribution is 0.0220. The van der Waals surface area contributed by atoms with Gasteiger partial charge in [0.05, 0.1) is 5.56 Å². The first-order valence-electron chi connectivity index (χ1n) is 8.57. The first kappa shape index (κ1) is 16.8. The second-order valence-electron chi connectivity index (χ2n) is 7.91. The van der Waals surface area contributed by atoms with Gasteiger partial charge in [-0.15, -0.1) is 0 Å². The highest BCUT2D eigenvalue weighted by atomic mass is 16.6. The summed E-state index contributed by atoms with van der Waals surface area (Å²) < 4.78 is 5.57. The van der Waals surface area contributed by atoms with Crippen LogP contribution in [0.5, 0.6) is 0 Å². The monoisotopic (exact) mass is 331 g/mol. The quantitative estimate of drug-likeness (QED) is 0.889. The van der Waals surface area contributed by atoms with Gasteiger partial charge in [-0.3, -0.25) is 0 Å². The fourth-order valence-electron chi connectivity index (χ4n) is 3.00. The van der Waals surface area contributed by atoms with Crippen LogP contribution in [0.3, 0.4) is 0 Å². The maximum atomic E-state index is 12.5. The molecule has 0 saturated heterocycles. The van der Waals surface area contributed by atoms with Gasteiger partial charge in [-0.25, -0.2) is 9.59 Å². The van der Waals surface area contributed by atoms with Crippen LogP contribution in [0.4, 0.5) is 4.79 Å². The molecular formula is C19H25NO4. The van der Waals surface area contributed by atoms with Crippen LogP contribution in [0.1, 0.15) is 61.9 Å². The number of amides is 1. The Morgan fingerprint density at radius 3 is 2.33 bits per heavy atom. The molecule has 1 amide bonds. The molecular weight excluding hydrogens is 306 g/mol. The van der Waals surface area contributed by atoms with Crippen LogP contribution in [-0.2, 0) is 4.74 Å². The SMILES string of the molecule is CC(C)(C)OC(=O)N(CC1CC1)[C@@H]1C[C@H]1c1ccc(C(=O)O)cc1. The molecule has 0 aromatic heterocycles. The minimum atomic E-state index is -0.919. The number of hydrogen-bond donors (Lipinski definition) is 1. The maximum absolute atomic E-state index is 12.5. The number of nitrogens with zero attached hydrogens (tertiary/aromatic N) is 1. The molecule has 0 heterocycles. The smallest absolute Gasteiger partial charge is 0.410 e. The number of rotatable bonds is 5. The highest BCUT2D eigenvalue weighted by molar-refractivity contribution is 5.87. The van der Waals surface area contributed by atoms with Gasteiger partial charge in [0.25, 0.3) is 0 Å². The van der Waals surface area contributed by atoms with Gasteiger partial charge in [0, 0.05) is 18.5 Å². The highest BCUT2D eigenvalue weighted by Crippen LogP contribution is 2.46. The third-order valence-electron chi connectivity index (χ3n) is 4.52. The molecule has 130 valence electrons. The Labute approximate surface area is 142 Å². The molecule has 2 fully saturated rings. The molecule has 1 N–H and O–H groups in total. The topological polar surface area (TPSA) is 66.8 Å². The minimum Gasteiger partial charge on any atom is -0.478 e. The lowest BCUT2D eigenvalue weighted by atomic mass is 10.1. The fourth-order valence-corrected chi connectivity index (χ4v) is 3.00. The molecule has 0 unspecified atom stereocenters. The second-order valence-corrected chi connectivity index (χ2v) is 7.91.